The van der Waals surface area contributed by atoms with Crippen LogP contribution in [0.3, 0.4) is 0 Å². The van der Waals surface area contributed by atoms with Gasteiger partial charge in [-0.05, 0) is 55.8 Å². The van der Waals surface area contributed by atoms with Crippen LogP contribution in [0.2, 0.25) is 0 Å². The third-order valence-corrected chi connectivity index (χ3v) is 18.0. The summed E-state index contributed by atoms with van der Waals surface area (Å²) in [6.45, 7) is 26.5. The molecule has 0 aromatic heterocycles. The number of hydrogen-bond acceptors (Lipinski definition) is 5. The molecule has 0 rings (SSSR count). The van der Waals surface area contributed by atoms with Crippen LogP contribution in [0.1, 0.15) is 114 Å². The molecule has 2 N–H and O–H groups in total. The van der Waals surface area contributed by atoms with Crippen LogP contribution in [0.15, 0.2) is 23.9 Å². The molecule has 0 aromatic carbocycles. The zero-order chi connectivity index (χ0) is 28.4. The summed E-state index contributed by atoms with van der Waals surface area (Å²) < 4.78 is 0. The topological polar surface area (TPSA) is 24.1 Å². The van der Waals surface area contributed by atoms with Crippen LogP contribution >= 0.6 is 26.4 Å². The van der Waals surface area contributed by atoms with E-state index in [-0.39, 0.29) is 0 Å². The Morgan fingerprint density at radius 1 is 1.00 bits per heavy atom. The van der Waals surface area contributed by atoms with Crippen LogP contribution in [0.5, 0.6) is 0 Å². The maximum atomic E-state index is 6.00. The van der Waals surface area contributed by atoms with E-state index in [1.807, 2.05) is 21.2 Å². The lowest BCUT2D eigenvalue weighted by molar-refractivity contribution is 0.213. The van der Waals surface area contributed by atoms with Crippen LogP contribution < -0.4 is 10.6 Å². The maximum absolute atomic E-state index is 6.00. The first-order valence-electron chi connectivity index (χ1n) is 15.1. The first-order valence-corrected chi connectivity index (χ1v) is 21.4. The highest BCUT2D eigenvalue weighted by molar-refractivity contribution is 9.04. The maximum Gasteiger partial charge on any atom is 0.0219 e. The fraction of sp³-hybridized carbons (Fsp3) is 0.871. The average Bonchev–Trinajstić information content (AvgIpc) is 2.84. The van der Waals surface area contributed by atoms with E-state index in [0.717, 1.165) is 38.2 Å². The standard InChI is InChI=1S/C31H63N2PS3/c1-11-16-20-27(26-33-29(19-13-3)28(18-12-2)31(8,9)15-5)25-32-22-24-36-37-34(10,35)23-17-21-30(6,7)14-4/h16,19-20,27-28,32-33H,11-15,17-18,21-26H2,1-10H3/t27?,28-,34?/m0/s1. The van der Waals surface area contributed by atoms with Gasteiger partial charge in [0.25, 0.3) is 0 Å². The van der Waals surface area contributed by atoms with Gasteiger partial charge in [0.05, 0.1) is 0 Å². The molecule has 2 nitrogen and oxygen atoms in total. The van der Waals surface area contributed by atoms with Crippen molar-refractivity contribution < 1.29 is 0 Å². The molecule has 6 heteroatoms. The minimum atomic E-state index is -1.27. The molecule has 0 amide bonds. The lowest BCUT2D eigenvalue weighted by Gasteiger charge is -2.36. The second-order valence-electron chi connectivity index (χ2n) is 12.2. The summed E-state index contributed by atoms with van der Waals surface area (Å²) in [5.41, 5.74) is 2.25. The van der Waals surface area contributed by atoms with Crippen molar-refractivity contribution in [2.45, 2.75) is 114 Å². The Morgan fingerprint density at radius 2 is 1.70 bits per heavy atom. The van der Waals surface area contributed by atoms with Crippen molar-refractivity contribution in [1.82, 2.24) is 10.6 Å². The van der Waals surface area contributed by atoms with Gasteiger partial charge in [-0.25, -0.2) is 0 Å². The summed E-state index contributed by atoms with van der Waals surface area (Å²) in [6.07, 6.45) is 18.1. The van der Waals surface area contributed by atoms with Crippen LogP contribution in [-0.4, -0.2) is 38.2 Å². The summed E-state index contributed by atoms with van der Waals surface area (Å²) in [7, 11) is 4.00. The largest absolute Gasteiger partial charge is 0.388 e. The lowest BCUT2D eigenvalue weighted by Crippen LogP contribution is -2.36. The highest BCUT2D eigenvalue weighted by Crippen LogP contribution is 2.61. The average molecular weight is 591 g/mol. The molecule has 0 aliphatic carbocycles. The summed E-state index contributed by atoms with van der Waals surface area (Å²) in [6, 6.07) is 0. The molecule has 3 atom stereocenters. The van der Waals surface area contributed by atoms with Gasteiger partial charge in [-0.15, -0.1) is 0 Å². The molecule has 0 radical (unpaired) electrons. The molecule has 0 saturated heterocycles. The minimum absolute atomic E-state index is 0.319. The molecule has 0 fully saturated rings. The third kappa shape index (κ3) is 17.8. The molecule has 0 aliphatic heterocycles. The monoisotopic (exact) mass is 590 g/mol. The van der Waals surface area contributed by atoms with E-state index < -0.39 is 5.24 Å². The fourth-order valence-corrected chi connectivity index (χ4v) is 12.4. The van der Waals surface area contributed by atoms with Gasteiger partial charge in [0, 0.05) is 48.2 Å². The van der Waals surface area contributed by atoms with Gasteiger partial charge in [0.15, 0.2) is 0 Å². The number of rotatable bonds is 23. The third-order valence-electron chi connectivity index (χ3n) is 7.80. The summed E-state index contributed by atoms with van der Waals surface area (Å²) in [4.78, 5) is 0. The van der Waals surface area contributed by atoms with Gasteiger partial charge in [-0.3, -0.25) is 0 Å². The van der Waals surface area contributed by atoms with Gasteiger partial charge >= 0.3 is 0 Å². The lowest BCUT2D eigenvalue weighted by atomic mass is 9.72. The summed E-state index contributed by atoms with van der Waals surface area (Å²) in [5, 5.41) is 6.37. The Balaban J connectivity index is 4.70. The molecule has 0 aromatic rings. The Labute approximate surface area is 246 Å². The van der Waals surface area contributed by atoms with Crippen molar-refractivity contribution in [3.63, 3.8) is 0 Å². The van der Waals surface area contributed by atoms with Crippen LogP contribution in [0.25, 0.3) is 0 Å². The van der Waals surface area contributed by atoms with Gasteiger partial charge in [-0.2, -0.15) is 0 Å². The SMILES string of the molecule is CCC=CC(CNCCSSP(C)(=S)CCCC(C)(C)CC)CNC(=CCC)[C@H](CCC)C(C)(C)CC. The number of nitrogens with one attached hydrogen (secondary N) is 2. The van der Waals surface area contributed by atoms with E-state index in [0.29, 0.717) is 22.7 Å². The smallest absolute Gasteiger partial charge is 0.0219 e. The molecule has 0 heterocycles. The van der Waals surface area contributed by atoms with E-state index in [1.54, 1.807) is 0 Å². The van der Waals surface area contributed by atoms with Crippen molar-refractivity contribution in [2.75, 3.05) is 38.2 Å². The van der Waals surface area contributed by atoms with Crippen LogP contribution in [-0.2, 0) is 11.8 Å². The second kappa shape index (κ2) is 20.5. The summed E-state index contributed by atoms with van der Waals surface area (Å²) >= 11 is 6.00. The molecule has 37 heavy (non-hydrogen) atoms. The van der Waals surface area contributed by atoms with Gasteiger partial charge in [0.2, 0.25) is 0 Å². The van der Waals surface area contributed by atoms with Crippen LogP contribution in [0, 0.1) is 22.7 Å². The van der Waals surface area contributed by atoms with Crippen molar-refractivity contribution in [3.8, 4) is 0 Å². The van der Waals surface area contributed by atoms with Gasteiger partial charge in [0.1, 0.15) is 0 Å². The Morgan fingerprint density at radius 3 is 2.27 bits per heavy atom. The Hall–Kier alpha value is 0.590. The normalized spacial score (nSPS) is 16.6. The quantitative estimate of drug-likeness (QED) is 0.0533. The molecular weight excluding hydrogens is 528 g/mol. The van der Waals surface area contributed by atoms with E-state index in [1.165, 1.54) is 50.4 Å². The van der Waals surface area contributed by atoms with Crippen molar-refractivity contribution in [3.05, 3.63) is 23.9 Å². The molecule has 0 spiro atoms. The molecule has 0 saturated carbocycles. The highest BCUT2D eigenvalue weighted by Gasteiger charge is 2.30. The van der Waals surface area contributed by atoms with Crippen molar-refractivity contribution >= 4 is 38.3 Å². The minimum Gasteiger partial charge on any atom is -0.388 e. The molecule has 0 aliphatic rings. The second-order valence-corrected chi connectivity index (χ2v) is 23.5. The molecule has 2 unspecified atom stereocenters. The molecule has 0 bridgehead atoms. The fourth-order valence-electron chi connectivity index (χ4n) is 4.45. The van der Waals surface area contributed by atoms with Gasteiger partial charge in [-0.1, -0.05) is 133 Å². The number of hydrogen-bond donors (Lipinski definition) is 2. The predicted octanol–water partition coefficient (Wildman–Crippen LogP) is 10.5. The van der Waals surface area contributed by atoms with E-state index in [2.05, 4.69) is 97.8 Å². The first kappa shape index (κ1) is 37.6. The Kier molecular flexibility index (Phi) is 20.8. The first-order chi connectivity index (χ1) is 17.4. The van der Waals surface area contributed by atoms with E-state index >= 15 is 0 Å². The molecule has 220 valence electrons. The highest BCUT2D eigenvalue weighted by atomic mass is 33.4. The number of allylic oxidation sites excluding steroid dienone is 3. The Bertz CT molecular complexity index is 688. The predicted molar refractivity (Wildman–Crippen MR) is 183 cm³/mol. The molecular formula is C31H63N2PS3. The van der Waals surface area contributed by atoms with Gasteiger partial charge < -0.3 is 10.6 Å². The zero-order valence-electron chi connectivity index (χ0n) is 26.3. The van der Waals surface area contributed by atoms with E-state index in [4.69, 9.17) is 11.8 Å². The summed E-state index contributed by atoms with van der Waals surface area (Å²) in [5.74, 6) is 2.23. The zero-order valence-corrected chi connectivity index (χ0v) is 29.6. The van der Waals surface area contributed by atoms with Crippen molar-refractivity contribution in [2.24, 2.45) is 22.7 Å². The van der Waals surface area contributed by atoms with E-state index in [9.17, 15) is 0 Å². The van der Waals surface area contributed by atoms with Crippen LogP contribution in [0.4, 0.5) is 0 Å². The van der Waals surface area contributed by atoms with Crippen molar-refractivity contribution in [1.29, 1.82) is 0 Å².